The molecule has 0 aliphatic heterocycles. The van der Waals surface area contributed by atoms with Gasteiger partial charge >= 0.3 is 0 Å². The Bertz CT molecular complexity index is 314. The van der Waals surface area contributed by atoms with Crippen LogP contribution in [0, 0.1) is 17.8 Å². The Morgan fingerprint density at radius 1 is 1.21 bits per heavy atom. The molecule has 0 radical (unpaired) electrons. The van der Waals surface area contributed by atoms with Gasteiger partial charge in [-0.2, -0.15) is 5.10 Å². The predicted molar refractivity (Wildman–Crippen MR) is 78.9 cm³/mol. The van der Waals surface area contributed by atoms with Crippen molar-refractivity contribution in [1.82, 2.24) is 5.43 Å². The minimum absolute atomic E-state index is 0.0795. The number of hydrogen-bond acceptors (Lipinski definition) is 2. The van der Waals surface area contributed by atoms with Gasteiger partial charge in [-0.25, -0.2) is 5.43 Å². The highest BCUT2D eigenvalue weighted by atomic mass is 16.2. The Hall–Kier alpha value is -0.860. The molecule has 2 rings (SSSR count). The Morgan fingerprint density at radius 2 is 2.05 bits per heavy atom. The van der Waals surface area contributed by atoms with Crippen LogP contribution in [-0.2, 0) is 4.79 Å². The van der Waals surface area contributed by atoms with Crippen LogP contribution in [0.5, 0.6) is 0 Å². The van der Waals surface area contributed by atoms with E-state index < -0.39 is 0 Å². The van der Waals surface area contributed by atoms with E-state index in [9.17, 15) is 4.79 Å². The van der Waals surface area contributed by atoms with Gasteiger partial charge in [0.25, 0.3) is 0 Å². The fraction of sp³-hybridized carbons (Fsp3) is 0.875. The van der Waals surface area contributed by atoms with Crippen LogP contribution in [0.2, 0.25) is 0 Å². The van der Waals surface area contributed by atoms with Gasteiger partial charge in [-0.1, -0.05) is 39.0 Å². The molecule has 3 heteroatoms. The van der Waals surface area contributed by atoms with Crippen molar-refractivity contribution in [1.29, 1.82) is 0 Å². The zero-order valence-corrected chi connectivity index (χ0v) is 12.2. The van der Waals surface area contributed by atoms with E-state index >= 15 is 0 Å². The molecule has 2 aliphatic rings. The van der Waals surface area contributed by atoms with Gasteiger partial charge in [0, 0.05) is 12.6 Å². The summed E-state index contributed by atoms with van der Waals surface area (Å²) in [4.78, 5) is 11.6. The number of carbonyl (C=O) groups is 1. The summed E-state index contributed by atoms with van der Waals surface area (Å²) in [6, 6.07) is 0. The van der Waals surface area contributed by atoms with Gasteiger partial charge in [0.05, 0.1) is 0 Å². The highest BCUT2D eigenvalue weighted by molar-refractivity contribution is 5.76. The van der Waals surface area contributed by atoms with Crippen molar-refractivity contribution in [3.63, 3.8) is 0 Å². The number of hydrogen-bond donors (Lipinski definition) is 1. The van der Waals surface area contributed by atoms with Gasteiger partial charge in [0.2, 0.25) is 5.91 Å². The molecule has 0 heterocycles. The minimum Gasteiger partial charge on any atom is -0.273 e. The van der Waals surface area contributed by atoms with Gasteiger partial charge in [-0.05, 0) is 43.4 Å². The molecule has 19 heavy (non-hydrogen) atoms. The van der Waals surface area contributed by atoms with Crippen LogP contribution in [-0.4, -0.2) is 12.1 Å². The first-order chi connectivity index (χ1) is 9.29. The lowest BCUT2D eigenvalue weighted by atomic mass is 9.90. The fourth-order valence-corrected chi connectivity index (χ4v) is 3.63. The third-order valence-electron chi connectivity index (χ3n) is 4.76. The molecule has 3 nitrogen and oxygen atoms in total. The number of rotatable bonds is 8. The molecular formula is C16H28N2O. The van der Waals surface area contributed by atoms with E-state index in [0.717, 1.165) is 24.7 Å². The van der Waals surface area contributed by atoms with Gasteiger partial charge in [-0.3, -0.25) is 4.79 Å². The van der Waals surface area contributed by atoms with Crippen molar-refractivity contribution in [3.05, 3.63) is 0 Å². The molecule has 1 N–H and O–H groups in total. The van der Waals surface area contributed by atoms with E-state index in [0.29, 0.717) is 12.3 Å². The van der Waals surface area contributed by atoms with Crippen LogP contribution >= 0.6 is 0 Å². The quantitative estimate of drug-likeness (QED) is 0.403. The van der Waals surface area contributed by atoms with E-state index in [2.05, 4.69) is 17.5 Å². The van der Waals surface area contributed by atoms with Crippen LogP contribution in [0.1, 0.15) is 71.1 Å². The molecule has 3 unspecified atom stereocenters. The summed E-state index contributed by atoms with van der Waals surface area (Å²) in [5, 5.41) is 4.16. The van der Waals surface area contributed by atoms with E-state index in [1.807, 2.05) is 6.21 Å². The maximum Gasteiger partial charge on any atom is 0.240 e. The molecule has 0 spiro atoms. The number of unbranched alkanes of at least 4 members (excludes halogenated alkanes) is 4. The molecular weight excluding hydrogens is 236 g/mol. The van der Waals surface area contributed by atoms with Crippen LogP contribution in [0.25, 0.3) is 0 Å². The smallest absolute Gasteiger partial charge is 0.240 e. The number of hydrazone groups is 1. The third kappa shape index (κ3) is 4.63. The van der Waals surface area contributed by atoms with Gasteiger partial charge in [0.1, 0.15) is 0 Å². The van der Waals surface area contributed by atoms with Crippen LogP contribution in [0.4, 0.5) is 0 Å². The zero-order valence-electron chi connectivity index (χ0n) is 12.2. The summed E-state index contributed by atoms with van der Waals surface area (Å²) in [7, 11) is 0. The van der Waals surface area contributed by atoms with Crippen LogP contribution < -0.4 is 5.43 Å². The molecule has 2 bridgehead atoms. The Balaban J connectivity index is 1.53. The first-order valence-corrected chi connectivity index (χ1v) is 8.11. The molecule has 108 valence electrons. The largest absolute Gasteiger partial charge is 0.273 e. The van der Waals surface area contributed by atoms with E-state index in [4.69, 9.17) is 0 Å². The van der Waals surface area contributed by atoms with Crippen molar-refractivity contribution in [2.75, 3.05) is 0 Å². The second-order valence-corrected chi connectivity index (χ2v) is 6.32. The Kier molecular flexibility index (Phi) is 5.87. The molecule has 2 fully saturated rings. The lowest BCUT2D eigenvalue weighted by molar-refractivity contribution is -0.121. The SMILES string of the molecule is CCCCCCCC(=O)N/N=C/C1CC2CCC1C2. The van der Waals surface area contributed by atoms with Crippen LogP contribution in [0.3, 0.4) is 0 Å². The first-order valence-electron chi connectivity index (χ1n) is 8.11. The molecule has 0 aromatic rings. The van der Waals surface area contributed by atoms with Gasteiger partial charge in [-0.15, -0.1) is 0 Å². The maximum absolute atomic E-state index is 11.6. The highest BCUT2D eigenvalue weighted by Gasteiger charge is 2.38. The van der Waals surface area contributed by atoms with Crippen molar-refractivity contribution in [2.45, 2.75) is 71.1 Å². The summed E-state index contributed by atoms with van der Waals surface area (Å²) in [6.07, 6.45) is 14.0. The van der Waals surface area contributed by atoms with E-state index in [-0.39, 0.29) is 5.91 Å². The predicted octanol–water partition coefficient (Wildman–Crippen LogP) is 3.89. The molecule has 0 aromatic carbocycles. The second kappa shape index (κ2) is 7.66. The molecule has 1 amide bonds. The topological polar surface area (TPSA) is 41.5 Å². The van der Waals surface area contributed by atoms with Gasteiger partial charge < -0.3 is 0 Å². The number of carbonyl (C=O) groups excluding carboxylic acids is 1. The Morgan fingerprint density at radius 3 is 2.74 bits per heavy atom. The van der Waals surface area contributed by atoms with Crippen molar-refractivity contribution in [3.8, 4) is 0 Å². The molecule has 0 saturated heterocycles. The summed E-state index contributed by atoms with van der Waals surface area (Å²) in [5.41, 5.74) is 2.69. The number of amides is 1. The Labute approximate surface area is 117 Å². The van der Waals surface area contributed by atoms with Crippen LogP contribution in [0.15, 0.2) is 5.10 Å². The molecule has 2 saturated carbocycles. The standard InChI is InChI=1S/C16H28N2O/c1-2-3-4-5-6-7-16(19)18-17-12-15-11-13-8-9-14(15)10-13/h12-15H,2-11H2,1H3,(H,18,19)/b17-12+. The number of fused-ring (bicyclic) bond motifs is 2. The van der Waals surface area contributed by atoms with E-state index in [1.54, 1.807) is 0 Å². The van der Waals surface area contributed by atoms with Crippen molar-refractivity contribution in [2.24, 2.45) is 22.9 Å². The minimum atomic E-state index is 0.0795. The molecule has 0 aromatic heterocycles. The summed E-state index contributed by atoms with van der Waals surface area (Å²) >= 11 is 0. The summed E-state index contributed by atoms with van der Waals surface area (Å²) in [5.74, 6) is 2.50. The summed E-state index contributed by atoms with van der Waals surface area (Å²) < 4.78 is 0. The fourth-order valence-electron chi connectivity index (χ4n) is 3.63. The number of nitrogens with one attached hydrogen (secondary N) is 1. The lowest BCUT2D eigenvalue weighted by Crippen LogP contribution is -2.19. The third-order valence-corrected chi connectivity index (χ3v) is 4.76. The van der Waals surface area contributed by atoms with E-state index in [1.165, 1.54) is 44.9 Å². The molecule has 3 atom stereocenters. The monoisotopic (exact) mass is 264 g/mol. The van der Waals surface area contributed by atoms with Gasteiger partial charge in [0.15, 0.2) is 0 Å². The normalized spacial score (nSPS) is 29.2. The average Bonchev–Trinajstić information content (AvgIpc) is 3.01. The molecule has 2 aliphatic carbocycles. The lowest BCUT2D eigenvalue weighted by Gasteiger charge is -2.16. The first kappa shape index (κ1) is 14.5. The maximum atomic E-state index is 11.6. The highest BCUT2D eigenvalue weighted by Crippen LogP contribution is 2.47. The summed E-state index contributed by atoms with van der Waals surface area (Å²) in [6.45, 7) is 2.21. The van der Waals surface area contributed by atoms with Crippen molar-refractivity contribution < 1.29 is 4.79 Å². The second-order valence-electron chi connectivity index (χ2n) is 6.32. The number of nitrogens with zero attached hydrogens (tertiary/aromatic N) is 1. The van der Waals surface area contributed by atoms with Crippen molar-refractivity contribution >= 4 is 12.1 Å². The average molecular weight is 264 g/mol. The zero-order chi connectivity index (χ0) is 13.5.